The van der Waals surface area contributed by atoms with E-state index in [-0.39, 0.29) is 18.0 Å². The Labute approximate surface area is 138 Å². The van der Waals surface area contributed by atoms with Crippen LogP contribution in [0.15, 0.2) is 4.99 Å². The Balaban J connectivity index is 2.30. The van der Waals surface area contributed by atoms with Gasteiger partial charge in [0.2, 0.25) is 5.91 Å². The average Bonchev–Trinajstić information content (AvgIpc) is 2.54. The zero-order valence-electron chi connectivity index (χ0n) is 14.6. The van der Waals surface area contributed by atoms with Gasteiger partial charge in [-0.25, -0.2) is 4.79 Å². The van der Waals surface area contributed by atoms with Crippen LogP contribution in [0.1, 0.15) is 26.2 Å². The summed E-state index contributed by atoms with van der Waals surface area (Å²) in [6.07, 6.45) is 1.87. The zero-order valence-corrected chi connectivity index (χ0v) is 14.6. The molecule has 2 N–H and O–H groups in total. The molecule has 1 rings (SSSR count). The molecule has 0 unspecified atom stereocenters. The summed E-state index contributed by atoms with van der Waals surface area (Å²) in [5.74, 6) is 0.766. The summed E-state index contributed by atoms with van der Waals surface area (Å²) in [6, 6.07) is 0.261. The Morgan fingerprint density at radius 1 is 1.30 bits per heavy atom. The summed E-state index contributed by atoms with van der Waals surface area (Å²) in [6.45, 7) is 4.10. The Hall–Kier alpha value is -1.99. The molecule has 0 aromatic rings. The van der Waals surface area contributed by atoms with Gasteiger partial charge in [-0.2, -0.15) is 0 Å². The number of nitrogens with one attached hydrogen (secondary N) is 2. The van der Waals surface area contributed by atoms with Crippen molar-refractivity contribution in [3.05, 3.63) is 0 Å². The summed E-state index contributed by atoms with van der Waals surface area (Å²) in [5, 5.41) is 6.48. The number of aliphatic imine (C=N–C) groups is 1. The van der Waals surface area contributed by atoms with Gasteiger partial charge in [0.25, 0.3) is 0 Å². The molecule has 1 aliphatic rings. The van der Waals surface area contributed by atoms with Crippen LogP contribution >= 0.6 is 0 Å². The average molecular weight is 327 g/mol. The number of carbonyl (C=O) groups is 2. The topological polar surface area (TPSA) is 86.3 Å². The summed E-state index contributed by atoms with van der Waals surface area (Å²) in [4.78, 5) is 30.7. The first kappa shape index (κ1) is 19.1. The van der Waals surface area contributed by atoms with Gasteiger partial charge in [0.1, 0.15) is 0 Å². The molecule has 0 saturated carbocycles. The second-order valence-electron chi connectivity index (χ2n) is 5.64. The standard InChI is InChI=1S/C15H29N5O3/c1-5-23-15(22)20-10-7-12(8-11-20)18-14(16-2)17-9-6-13(21)19(3)4/h12H,5-11H2,1-4H3,(H2,16,17,18). The quantitative estimate of drug-likeness (QED) is 0.558. The summed E-state index contributed by atoms with van der Waals surface area (Å²) >= 11 is 0. The third-order valence-electron chi connectivity index (χ3n) is 3.72. The Morgan fingerprint density at radius 3 is 2.48 bits per heavy atom. The third-order valence-corrected chi connectivity index (χ3v) is 3.72. The van der Waals surface area contributed by atoms with E-state index in [2.05, 4.69) is 15.6 Å². The minimum absolute atomic E-state index is 0.0793. The van der Waals surface area contributed by atoms with Crippen molar-refractivity contribution in [2.45, 2.75) is 32.2 Å². The molecule has 1 aliphatic heterocycles. The molecule has 2 amide bonds. The molecule has 0 aliphatic carbocycles. The Bertz CT molecular complexity index is 417. The lowest BCUT2D eigenvalue weighted by atomic mass is 10.1. The van der Waals surface area contributed by atoms with E-state index in [9.17, 15) is 9.59 Å². The lowest BCUT2D eigenvalue weighted by Crippen LogP contribution is -2.50. The van der Waals surface area contributed by atoms with Gasteiger partial charge in [0.05, 0.1) is 6.61 Å². The van der Waals surface area contributed by atoms with Crippen LogP contribution in [0, 0.1) is 0 Å². The lowest BCUT2D eigenvalue weighted by Gasteiger charge is -2.32. The summed E-state index contributed by atoms with van der Waals surface area (Å²) in [7, 11) is 5.19. The van der Waals surface area contributed by atoms with E-state index >= 15 is 0 Å². The fourth-order valence-corrected chi connectivity index (χ4v) is 2.32. The van der Waals surface area contributed by atoms with Gasteiger partial charge in [-0.15, -0.1) is 0 Å². The van der Waals surface area contributed by atoms with E-state index in [4.69, 9.17) is 4.74 Å². The maximum atomic E-state index is 11.7. The fraction of sp³-hybridized carbons (Fsp3) is 0.800. The molecule has 1 heterocycles. The molecule has 1 fully saturated rings. The molecule has 0 atom stereocenters. The molecular weight excluding hydrogens is 298 g/mol. The van der Waals surface area contributed by atoms with E-state index in [1.165, 1.54) is 0 Å². The normalized spacial score (nSPS) is 16.0. The molecule has 8 nitrogen and oxygen atoms in total. The number of hydrogen-bond donors (Lipinski definition) is 2. The maximum Gasteiger partial charge on any atom is 0.409 e. The molecule has 0 spiro atoms. The van der Waals surface area contributed by atoms with Crippen molar-refractivity contribution in [1.29, 1.82) is 0 Å². The zero-order chi connectivity index (χ0) is 17.2. The number of ether oxygens (including phenoxy) is 1. The highest BCUT2D eigenvalue weighted by atomic mass is 16.6. The van der Waals surface area contributed by atoms with Gasteiger partial charge in [-0.3, -0.25) is 9.79 Å². The number of rotatable bonds is 5. The van der Waals surface area contributed by atoms with E-state index < -0.39 is 0 Å². The van der Waals surface area contributed by atoms with Gasteiger partial charge >= 0.3 is 6.09 Å². The molecule has 0 radical (unpaired) electrons. The fourth-order valence-electron chi connectivity index (χ4n) is 2.32. The van der Waals surface area contributed by atoms with E-state index in [1.54, 1.807) is 30.9 Å². The van der Waals surface area contributed by atoms with Crippen LogP contribution in [0.2, 0.25) is 0 Å². The highest BCUT2D eigenvalue weighted by Gasteiger charge is 2.23. The Morgan fingerprint density at radius 2 is 1.96 bits per heavy atom. The van der Waals surface area contributed by atoms with Gasteiger partial charge in [-0.05, 0) is 19.8 Å². The van der Waals surface area contributed by atoms with E-state index in [0.717, 1.165) is 12.8 Å². The first-order valence-electron chi connectivity index (χ1n) is 8.07. The second-order valence-corrected chi connectivity index (χ2v) is 5.64. The predicted octanol–water partition coefficient (Wildman–Crippen LogP) is 0.251. The van der Waals surface area contributed by atoms with Gasteiger partial charge in [-0.1, -0.05) is 0 Å². The number of likely N-dealkylation sites (tertiary alicyclic amines) is 1. The molecule has 132 valence electrons. The highest BCUT2D eigenvalue weighted by molar-refractivity contribution is 5.81. The number of carbonyl (C=O) groups excluding carboxylic acids is 2. The maximum absolute atomic E-state index is 11.7. The molecule has 8 heteroatoms. The summed E-state index contributed by atoms with van der Waals surface area (Å²) < 4.78 is 5.01. The van der Waals surface area contributed by atoms with Crippen molar-refractivity contribution in [2.75, 3.05) is 47.4 Å². The molecule has 23 heavy (non-hydrogen) atoms. The second kappa shape index (κ2) is 9.91. The van der Waals surface area contributed by atoms with Gasteiger partial charge in [0.15, 0.2) is 5.96 Å². The number of piperidine rings is 1. The third kappa shape index (κ3) is 6.75. The largest absolute Gasteiger partial charge is 0.450 e. The molecule has 0 aromatic heterocycles. The van der Waals surface area contributed by atoms with Crippen LogP contribution in [0.5, 0.6) is 0 Å². The molecule has 0 bridgehead atoms. The smallest absolute Gasteiger partial charge is 0.409 e. The van der Waals surface area contributed by atoms with E-state index in [0.29, 0.717) is 38.6 Å². The molecule has 0 aromatic carbocycles. The number of nitrogens with zero attached hydrogens (tertiary/aromatic N) is 3. The van der Waals surface area contributed by atoms with Crippen LogP contribution in [0.3, 0.4) is 0 Å². The van der Waals surface area contributed by atoms with Crippen LogP contribution in [0.4, 0.5) is 4.79 Å². The molecular formula is C15H29N5O3. The minimum atomic E-state index is -0.240. The molecule has 1 saturated heterocycles. The first-order chi connectivity index (χ1) is 11.0. The van der Waals surface area contributed by atoms with Crippen molar-refractivity contribution in [1.82, 2.24) is 20.4 Å². The highest BCUT2D eigenvalue weighted by Crippen LogP contribution is 2.11. The van der Waals surface area contributed by atoms with Crippen LogP contribution in [-0.4, -0.2) is 81.2 Å². The van der Waals surface area contributed by atoms with Crippen LogP contribution in [0.25, 0.3) is 0 Å². The van der Waals surface area contributed by atoms with Crippen molar-refractivity contribution >= 4 is 18.0 Å². The number of hydrogen-bond acceptors (Lipinski definition) is 4. The predicted molar refractivity (Wildman–Crippen MR) is 89.4 cm³/mol. The summed E-state index contributed by atoms with van der Waals surface area (Å²) in [5.41, 5.74) is 0. The van der Waals surface area contributed by atoms with Crippen molar-refractivity contribution in [3.63, 3.8) is 0 Å². The first-order valence-corrected chi connectivity index (χ1v) is 8.07. The Kier molecular flexibility index (Phi) is 8.21. The minimum Gasteiger partial charge on any atom is -0.450 e. The monoisotopic (exact) mass is 327 g/mol. The van der Waals surface area contributed by atoms with Crippen molar-refractivity contribution in [3.8, 4) is 0 Å². The van der Waals surface area contributed by atoms with E-state index in [1.807, 2.05) is 6.92 Å². The van der Waals surface area contributed by atoms with Crippen molar-refractivity contribution in [2.24, 2.45) is 4.99 Å². The van der Waals surface area contributed by atoms with Crippen LogP contribution in [-0.2, 0) is 9.53 Å². The van der Waals surface area contributed by atoms with Crippen molar-refractivity contribution < 1.29 is 14.3 Å². The lowest BCUT2D eigenvalue weighted by molar-refractivity contribution is -0.128. The number of amides is 2. The SMILES string of the molecule is CCOC(=O)N1CCC(NC(=NC)NCCC(=O)N(C)C)CC1. The van der Waals surface area contributed by atoms with Gasteiger partial charge < -0.3 is 25.2 Å². The van der Waals surface area contributed by atoms with Crippen LogP contribution < -0.4 is 10.6 Å². The number of guanidine groups is 1. The van der Waals surface area contributed by atoms with Gasteiger partial charge in [0, 0.05) is 53.2 Å².